The molecule has 0 aliphatic carbocycles. The van der Waals surface area contributed by atoms with Gasteiger partial charge in [-0.05, 0) is 12.5 Å². The number of carbonyl (C=O) groups excluding carboxylic acids is 3. The van der Waals surface area contributed by atoms with Gasteiger partial charge in [0.1, 0.15) is 6.04 Å². The molecule has 2 rings (SSSR count). The molecule has 1 aromatic carbocycles. The van der Waals surface area contributed by atoms with Crippen molar-refractivity contribution in [2.75, 3.05) is 19.7 Å². The molecule has 106 valence electrons. The minimum Gasteiger partial charge on any atom is -0.459 e. The van der Waals surface area contributed by atoms with Crippen molar-refractivity contribution >= 4 is 17.8 Å². The van der Waals surface area contributed by atoms with Crippen LogP contribution >= 0.6 is 0 Å². The maximum Gasteiger partial charge on any atom is 0.397 e. The van der Waals surface area contributed by atoms with Crippen LogP contribution in [-0.4, -0.2) is 42.4 Å². The minimum absolute atomic E-state index is 0.126. The third-order valence-electron chi connectivity index (χ3n) is 3.04. The molecule has 2 amide bonds. The quantitative estimate of drug-likeness (QED) is 0.620. The number of rotatable bonds is 2. The molecule has 0 saturated carbocycles. The molecule has 0 radical (unpaired) electrons. The van der Waals surface area contributed by atoms with Gasteiger partial charge in [0.2, 0.25) is 5.91 Å². The van der Waals surface area contributed by atoms with E-state index in [0.29, 0.717) is 12.1 Å². The lowest BCUT2D eigenvalue weighted by molar-refractivity contribution is -0.163. The van der Waals surface area contributed by atoms with E-state index in [1.54, 1.807) is 31.2 Å². The lowest BCUT2D eigenvalue weighted by atomic mass is 10.0. The number of amides is 2. The molecule has 0 aromatic heterocycles. The van der Waals surface area contributed by atoms with Crippen molar-refractivity contribution in [2.24, 2.45) is 0 Å². The van der Waals surface area contributed by atoms with Crippen LogP contribution in [0.25, 0.3) is 0 Å². The number of ether oxygens (including phenoxy) is 1. The first-order valence-electron chi connectivity index (χ1n) is 6.45. The van der Waals surface area contributed by atoms with Gasteiger partial charge in [-0.2, -0.15) is 0 Å². The third-order valence-corrected chi connectivity index (χ3v) is 3.04. The fraction of sp³-hybridized carbons (Fsp3) is 0.357. The SMILES string of the molecule is CCOC(=O)C(=O)N1CCNC(=O)C1c1ccccc1. The Labute approximate surface area is 116 Å². The van der Waals surface area contributed by atoms with Gasteiger partial charge in [-0.25, -0.2) is 4.79 Å². The smallest absolute Gasteiger partial charge is 0.397 e. The zero-order chi connectivity index (χ0) is 14.5. The summed E-state index contributed by atoms with van der Waals surface area (Å²) in [4.78, 5) is 37.0. The summed E-state index contributed by atoms with van der Waals surface area (Å²) in [5.41, 5.74) is 0.669. The molecule has 1 aromatic rings. The van der Waals surface area contributed by atoms with E-state index in [4.69, 9.17) is 4.74 Å². The number of benzene rings is 1. The van der Waals surface area contributed by atoms with Crippen LogP contribution in [0.15, 0.2) is 30.3 Å². The highest BCUT2D eigenvalue weighted by atomic mass is 16.5. The second-order valence-corrected chi connectivity index (χ2v) is 4.32. The maximum absolute atomic E-state index is 12.1. The van der Waals surface area contributed by atoms with Gasteiger partial charge in [0, 0.05) is 13.1 Å². The number of nitrogens with zero attached hydrogens (tertiary/aromatic N) is 1. The molecule has 0 bridgehead atoms. The molecule has 0 spiro atoms. The zero-order valence-electron chi connectivity index (χ0n) is 11.2. The molecule has 6 heteroatoms. The van der Waals surface area contributed by atoms with Crippen molar-refractivity contribution in [1.82, 2.24) is 10.2 Å². The van der Waals surface area contributed by atoms with Crippen LogP contribution in [0.2, 0.25) is 0 Å². The standard InChI is InChI=1S/C14H16N2O4/c1-2-20-14(19)13(18)16-9-8-15-12(17)11(16)10-6-4-3-5-7-10/h3-7,11H,2,8-9H2,1H3,(H,15,17). The molecule has 1 aliphatic heterocycles. The Kier molecular flexibility index (Phi) is 4.34. The highest BCUT2D eigenvalue weighted by molar-refractivity contribution is 6.32. The van der Waals surface area contributed by atoms with Gasteiger partial charge < -0.3 is 15.0 Å². The Morgan fingerprint density at radius 1 is 1.35 bits per heavy atom. The molecule has 1 aliphatic rings. The number of carbonyl (C=O) groups is 3. The van der Waals surface area contributed by atoms with Crippen molar-refractivity contribution in [1.29, 1.82) is 0 Å². The first kappa shape index (κ1) is 14.0. The molecule has 20 heavy (non-hydrogen) atoms. The molecule has 1 atom stereocenters. The Bertz CT molecular complexity index is 515. The number of nitrogens with one attached hydrogen (secondary N) is 1. The van der Waals surface area contributed by atoms with Crippen LogP contribution in [0, 0.1) is 0 Å². The summed E-state index contributed by atoms with van der Waals surface area (Å²) >= 11 is 0. The number of piperazine rings is 1. The summed E-state index contributed by atoms with van der Waals surface area (Å²) in [6, 6.07) is 8.10. The zero-order valence-corrected chi connectivity index (χ0v) is 11.2. The summed E-state index contributed by atoms with van der Waals surface area (Å²) in [6.07, 6.45) is 0. The number of hydrogen-bond acceptors (Lipinski definition) is 4. The van der Waals surface area contributed by atoms with Crippen LogP contribution < -0.4 is 5.32 Å². The largest absolute Gasteiger partial charge is 0.459 e. The first-order valence-corrected chi connectivity index (χ1v) is 6.45. The van der Waals surface area contributed by atoms with E-state index in [2.05, 4.69) is 5.32 Å². The number of hydrogen-bond donors (Lipinski definition) is 1. The van der Waals surface area contributed by atoms with Gasteiger partial charge in [0.15, 0.2) is 0 Å². The van der Waals surface area contributed by atoms with Crippen molar-refractivity contribution in [3.05, 3.63) is 35.9 Å². The normalized spacial score (nSPS) is 18.4. The molecular formula is C14H16N2O4. The van der Waals surface area contributed by atoms with Crippen molar-refractivity contribution in [3.63, 3.8) is 0 Å². The van der Waals surface area contributed by atoms with Gasteiger partial charge in [0.05, 0.1) is 6.61 Å². The van der Waals surface area contributed by atoms with E-state index in [9.17, 15) is 14.4 Å². The van der Waals surface area contributed by atoms with Crippen molar-refractivity contribution in [3.8, 4) is 0 Å². The van der Waals surface area contributed by atoms with Crippen molar-refractivity contribution in [2.45, 2.75) is 13.0 Å². The molecule has 1 saturated heterocycles. The van der Waals surface area contributed by atoms with Gasteiger partial charge in [-0.3, -0.25) is 9.59 Å². The predicted molar refractivity (Wildman–Crippen MR) is 70.5 cm³/mol. The average Bonchev–Trinajstić information content (AvgIpc) is 2.47. The molecule has 1 N–H and O–H groups in total. The monoisotopic (exact) mass is 276 g/mol. The van der Waals surface area contributed by atoms with E-state index in [1.165, 1.54) is 4.90 Å². The lowest BCUT2D eigenvalue weighted by Gasteiger charge is -2.34. The summed E-state index contributed by atoms with van der Waals surface area (Å²) in [5.74, 6) is -2.00. The van der Waals surface area contributed by atoms with E-state index in [0.717, 1.165) is 0 Å². The summed E-state index contributed by atoms with van der Waals surface area (Å²) in [7, 11) is 0. The second-order valence-electron chi connectivity index (χ2n) is 4.32. The van der Waals surface area contributed by atoms with Crippen molar-refractivity contribution < 1.29 is 19.1 Å². The van der Waals surface area contributed by atoms with Gasteiger partial charge in [-0.1, -0.05) is 30.3 Å². The topological polar surface area (TPSA) is 75.7 Å². The fourth-order valence-corrected chi connectivity index (χ4v) is 2.16. The van der Waals surface area contributed by atoms with Crippen LogP contribution in [0.4, 0.5) is 0 Å². The minimum atomic E-state index is -0.928. The predicted octanol–water partition coefficient (Wildman–Crippen LogP) is 0.249. The highest BCUT2D eigenvalue weighted by Crippen LogP contribution is 2.23. The molecule has 1 unspecified atom stereocenters. The molecule has 1 fully saturated rings. The van der Waals surface area contributed by atoms with Crippen LogP contribution in [0.3, 0.4) is 0 Å². The van der Waals surface area contributed by atoms with E-state index < -0.39 is 17.9 Å². The van der Waals surface area contributed by atoms with Gasteiger partial charge >= 0.3 is 11.9 Å². The third kappa shape index (κ3) is 2.79. The number of esters is 1. The molecule has 1 heterocycles. The van der Waals surface area contributed by atoms with Crippen LogP contribution in [0.1, 0.15) is 18.5 Å². The second kappa shape index (κ2) is 6.18. The Balaban J connectivity index is 2.27. The lowest BCUT2D eigenvalue weighted by Crippen LogP contribution is -2.54. The van der Waals surface area contributed by atoms with E-state index >= 15 is 0 Å². The highest BCUT2D eigenvalue weighted by Gasteiger charge is 2.37. The summed E-state index contributed by atoms with van der Waals surface area (Å²) in [5, 5.41) is 2.70. The summed E-state index contributed by atoms with van der Waals surface area (Å²) < 4.78 is 4.71. The Morgan fingerprint density at radius 3 is 2.70 bits per heavy atom. The fourth-order valence-electron chi connectivity index (χ4n) is 2.16. The molecule has 6 nitrogen and oxygen atoms in total. The first-order chi connectivity index (χ1) is 9.65. The van der Waals surface area contributed by atoms with Gasteiger partial charge in [-0.15, -0.1) is 0 Å². The molecular weight excluding hydrogens is 260 g/mol. The Morgan fingerprint density at radius 2 is 2.05 bits per heavy atom. The summed E-state index contributed by atoms with van der Waals surface area (Å²) in [6.45, 7) is 2.36. The van der Waals surface area contributed by atoms with Crippen LogP contribution in [0.5, 0.6) is 0 Å². The van der Waals surface area contributed by atoms with Crippen LogP contribution in [-0.2, 0) is 19.1 Å². The average molecular weight is 276 g/mol. The Hall–Kier alpha value is -2.37. The van der Waals surface area contributed by atoms with E-state index in [1.807, 2.05) is 6.07 Å². The maximum atomic E-state index is 12.1. The van der Waals surface area contributed by atoms with Gasteiger partial charge in [0.25, 0.3) is 0 Å². The van der Waals surface area contributed by atoms with E-state index in [-0.39, 0.29) is 19.1 Å².